The summed E-state index contributed by atoms with van der Waals surface area (Å²) in [4.78, 5) is 23.4. The molecule has 4 aromatic rings. The molecule has 1 aromatic heterocycles. The van der Waals surface area contributed by atoms with E-state index in [4.69, 9.17) is 12.2 Å². The van der Waals surface area contributed by atoms with Gasteiger partial charge in [-0.05, 0) is 91.8 Å². The maximum Gasteiger partial charge on any atom is 0.573 e. The van der Waals surface area contributed by atoms with E-state index in [1.54, 1.807) is 4.90 Å². The molecule has 1 aliphatic rings. The van der Waals surface area contributed by atoms with Gasteiger partial charge in [0.2, 0.25) is 5.91 Å². The average molecular weight is 667 g/mol. The Morgan fingerprint density at radius 1 is 1.07 bits per heavy atom. The summed E-state index contributed by atoms with van der Waals surface area (Å²) >= 11 is 6.90. The van der Waals surface area contributed by atoms with Crippen LogP contribution in [0.1, 0.15) is 42.9 Å². The first-order valence-corrected chi connectivity index (χ1v) is 16.3. The molecule has 1 amide bonds. The second-order valence-corrected chi connectivity index (χ2v) is 12.1. The van der Waals surface area contributed by atoms with Gasteiger partial charge in [-0.2, -0.15) is 4.99 Å². The van der Waals surface area contributed by atoms with Gasteiger partial charge in [-0.15, -0.1) is 18.3 Å². The fourth-order valence-corrected chi connectivity index (χ4v) is 6.07. The third kappa shape index (κ3) is 8.73. The highest BCUT2D eigenvalue weighted by Gasteiger charge is 2.32. The zero-order valence-electron chi connectivity index (χ0n) is 25.4. The fraction of sp³-hybridized carbons (Fsp3) is 0.303. The van der Waals surface area contributed by atoms with E-state index in [0.29, 0.717) is 34.1 Å². The summed E-state index contributed by atoms with van der Waals surface area (Å²) < 4.78 is 42.6. The number of aromatic nitrogens is 3. The number of thiocarbonyl (C=S) groups is 1. The van der Waals surface area contributed by atoms with Gasteiger partial charge >= 0.3 is 6.36 Å². The predicted octanol–water partition coefficient (Wildman–Crippen LogP) is 7.43. The molecule has 1 N–H and O–H groups in total. The second kappa shape index (κ2) is 14.9. The highest BCUT2D eigenvalue weighted by Crippen LogP contribution is 2.31. The van der Waals surface area contributed by atoms with Gasteiger partial charge in [0.05, 0.1) is 17.1 Å². The molecule has 240 valence electrons. The molecule has 1 aliphatic heterocycles. The van der Waals surface area contributed by atoms with E-state index in [1.807, 2.05) is 37.3 Å². The number of aryl methyl sites for hydroxylation is 3. The number of thioether (sulfide) groups is 1. The van der Waals surface area contributed by atoms with Crippen LogP contribution < -0.4 is 15.0 Å². The first-order valence-electron chi connectivity index (χ1n) is 14.9. The normalized spacial score (nSPS) is 14.2. The largest absolute Gasteiger partial charge is 0.573 e. The third-order valence-corrected chi connectivity index (χ3v) is 8.33. The van der Waals surface area contributed by atoms with Crippen LogP contribution in [0.25, 0.3) is 17.1 Å². The maximum atomic E-state index is 12.8. The van der Waals surface area contributed by atoms with Gasteiger partial charge in [0, 0.05) is 12.1 Å². The molecular formula is C33H33F3N6O2S2. The van der Waals surface area contributed by atoms with E-state index in [0.717, 1.165) is 54.5 Å². The number of rotatable bonds is 11. The summed E-state index contributed by atoms with van der Waals surface area (Å²) in [6.45, 7) is 4.81. The van der Waals surface area contributed by atoms with Crippen molar-refractivity contribution in [3.63, 3.8) is 0 Å². The molecular weight excluding hydrogens is 634 g/mol. The Hall–Kier alpha value is -4.23. The van der Waals surface area contributed by atoms with Crippen molar-refractivity contribution in [1.82, 2.24) is 20.1 Å². The Morgan fingerprint density at radius 2 is 1.83 bits per heavy atom. The Kier molecular flexibility index (Phi) is 10.7. The van der Waals surface area contributed by atoms with Crippen LogP contribution in [0, 0.1) is 6.92 Å². The standard InChI is InChI=1S/C33H33F3N6O2S2/c1-3-6-24-11-8-22(2)19-28(24)42-29(43)20-46-32(42)39-31(45)37-18-5-4-7-23-9-12-25(13-10-23)30-38-21-41(40-30)26-14-16-27(17-15-26)44-33(34,35)36/h8-17,19,21H,3-7,18,20H2,1-2H3,(H,37,45). The van der Waals surface area contributed by atoms with Crippen LogP contribution in [0.4, 0.5) is 18.9 Å². The molecule has 2 heterocycles. The summed E-state index contributed by atoms with van der Waals surface area (Å²) in [6, 6.07) is 19.6. The topological polar surface area (TPSA) is 84.6 Å². The number of nitrogens with one attached hydrogen (secondary N) is 1. The molecule has 5 rings (SSSR count). The van der Waals surface area contributed by atoms with Gasteiger partial charge in [0.25, 0.3) is 0 Å². The molecule has 46 heavy (non-hydrogen) atoms. The number of halogens is 3. The molecule has 0 saturated carbocycles. The molecule has 0 bridgehead atoms. The minimum absolute atomic E-state index is 0.0119. The smallest absolute Gasteiger partial charge is 0.406 e. The third-order valence-electron chi connectivity index (χ3n) is 7.17. The number of carbonyl (C=O) groups is 1. The summed E-state index contributed by atoms with van der Waals surface area (Å²) in [6.07, 6.45) is 1.35. The number of ether oxygens (including phenoxy) is 1. The highest BCUT2D eigenvalue weighted by molar-refractivity contribution is 8.15. The number of amidine groups is 1. The van der Waals surface area contributed by atoms with E-state index >= 15 is 0 Å². The number of carbonyl (C=O) groups excluding carboxylic acids is 1. The quantitative estimate of drug-likeness (QED) is 0.132. The minimum Gasteiger partial charge on any atom is -0.406 e. The number of unbranched alkanes of at least 4 members (excludes halogenated alkanes) is 1. The van der Waals surface area contributed by atoms with Gasteiger partial charge in [0.1, 0.15) is 12.1 Å². The summed E-state index contributed by atoms with van der Waals surface area (Å²) in [7, 11) is 0. The van der Waals surface area contributed by atoms with Crippen molar-refractivity contribution >= 4 is 45.9 Å². The number of hydrogen-bond donors (Lipinski definition) is 1. The summed E-state index contributed by atoms with van der Waals surface area (Å²) in [5.41, 5.74) is 5.67. The van der Waals surface area contributed by atoms with E-state index < -0.39 is 6.36 Å². The zero-order chi connectivity index (χ0) is 32.7. The van der Waals surface area contributed by atoms with Crippen molar-refractivity contribution in [3.05, 3.63) is 89.7 Å². The summed E-state index contributed by atoms with van der Waals surface area (Å²) in [5.74, 6) is 0.561. The van der Waals surface area contributed by atoms with Crippen molar-refractivity contribution in [2.45, 2.75) is 52.3 Å². The van der Waals surface area contributed by atoms with E-state index in [2.05, 4.69) is 44.2 Å². The predicted molar refractivity (Wildman–Crippen MR) is 180 cm³/mol. The van der Waals surface area contributed by atoms with Crippen LogP contribution in [-0.2, 0) is 17.6 Å². The molecule has 1 fully saturated rings. The lowest BCUT2D eigenvalue weighted by molar-refractivity contribution is -0.274. The van der Waals surface area contributed by atoms with E-state index in [9.17, 15) is 18.0 Å². The lowest BCUT2D eigenvalue weighted by Gasteiger charge is -2.20. The Labute approximate surface area is 275 Å². The van der Waals surface area contributed by atoms with Crippen LogP contribution in [0.2, 0.25) is 0 Å². The van der Waals surface area contributed by atoms with Crippen molar-refractivity contribution in [3.8, 4) is 22.8 Å². The Bertz CT molecular complexity index is 1710. The first-order chi connectivity index (χ1) is 22.1. The zero-order valence-corrected chi connectivity index (χ0v) is 27.0. The number of anilines is 1. The number of nitrogens with zero attached hydrogens (tertiary/aromatic N) is 5. The average Bonchev–Trinajstić information content (AvgIpc) is 3.65. The van der Waals surface area contributed by atoms with Crippen molar-refractivity contribution in [2.24, 2.45) is 4.99 Å². The number of aliphatic imine (C=N–C) groups is 1. The number of alkyl halides is 3. The van der Waals surface area contributed by atoms with Crippen LogP contribution in [-0.4, -0.2) is 49.6 Å². The summed E-state index contributed by atoms with van der Waals surface area (Å²) in [5, 5.41) is 8.64. The van der Waals surface area contributed by atoms with Gasteiger partial charge in [-0.25, -0.2) is 9.67 Å². The fourth-order valence-electron chi connectivity index (χ4n) is 4.96. The van der Waals surface area contributed by atoms with E-state index in [-0.39, 0.29) is 11.7 Å². The first kappa shape index (κ1) is 33.1. The molecule has 13 heteroatoms. The maximum absolute atomic E-state index is 12.8. The Morgan fingerprint density at radius 3 is 2.54 bits per heavy atom. The van der Waals surface area contributed by atoms with Crippen LogP contribution >= 0.6 is 24.0 Å². The molecule has 3 aromatic carbocycles. The van der Waals surface area contributed by atoms with Gasteiger partial charge in [0.15, 0.2) is 16.1 Å². The Balaban J connectivity index is 1.09. The van der Waals surface area contributed by atoms with E-state index in [1.165, 1.54) is 52.6 Å². The lowest BCUT2D eigenvalue weighted by atomic mass is 10.0. The van der Waals surface area contributed by atoms with Crippen molar-refractivity contribution in [1.29, 1.82) is 0 Å². The SMILES string of the molecule is CCCc1ccc(C)cc1N1C(=O)CSC1=NC(=S)NCCCCc1ccc(-c2ncn(-c3ccc(OC(F)(F)F)cc3)n2)cc1. The lowest BCUT2D eigenvalue weighted by Crippen LogP contribution is -2.32. The number of benzene rings is 3. The van der Waals surface area contributed by atoms with Gasteiger partial charge < -0.3 is 10.1 Å². The monoisotopic (exact) mass is 666 g/mol. The second-order valence-electron chi connectivity index (χ2n) is 10.7. The molecule has 0 unspecified atom stereocenters. The van der Waals surface area contributed by atoms with Gasteiger partial charge in [-0.3, -0.25) is 9.69 Å². The molecule has 0 radical (unpaired) electrons. The minimum atomic E-state index is -4.74. The van der Waals surface area contributed by atoms with Crippen LogP contribution in [0.15, 0.2) is 78.0 Å². The van der Waals surface area contributed by atoms with Crippen molar-refractivity contribution in [2.75, 3.05) is 17.2 Å². The molecule has 1 saturated heterocycles. The molecule has 0 spiro atoms. The number of amides is 1. The highest BCUT2D eigenvalue weighted by atomic mass is 32.2. The molecule has 0 atom stereocenters. The van der Waals surface area contributed by atoms with Crippen molar-refractivity contribution < 1.29 is 22.7 Å². The van der Waals surface area contributed by atoms with Crippen LogP contribution in [0.5, 0.6) is 5.75 Å². The van der Waals surface area contributed by atoms with Gasteiger partial charge in [-0.1, -0.05) is 61.5 Å². The molecule has 8 nitrogen and oxygen atoms in total. The molecule has 0 aliphatic carbocycles. The van der Waals surface area contributed by atoms with Crippen LogP contribution in [0.3, 0.4) is 0 Å². The number of hydrogen-bond acceptors (Lipinski definition) is 6.